The smallest absolute Gasteiger partial charge is 0.0852 e. The SMILES string of the molecule is C=CCc1cccc(-c2ccccc2)c1N=C=S. The molecule has 2 heteroatoms. The Morgan fingerprint density at radius 2 is 1.89 bits per heavy atom. The average Bonchev–Trinajstić information content (AvgIpc) is 2.42. The second-order valence-corrected chi connectivity index (χ2v) is 4.06. The van der Waals surface area contributed by atoms with Gasteiger partial charge in [0.05, 0.1) is 10.8 Å². The molecule has 2 aromatic carbocycles. The Balaban J connectivity index is 2.63. The molecule has 0 radical (unpaired) electrons. The molecule has 0 bridgehead atoms. The zero-order chi connectivity index (χ0) is 12.8. The fourth-order valence-electron chi connectivity index (χ4n) is 1.94. The Kier molecular flexibility index (Phi) is 4.19. The highest BCUT2D eigenvalue weighted by Gasteiger charge is 2.07. The van der Waals surface area contributed by atoms with Crippen LogP contribution in [0.2, 0.25) is 0 Å². The number of thiocarbonyl (C=S) groups is 1. The summed E-state index contributed by atoms with van der Waals surface area (Å²) >= 11 is 4.74. The van der Waals surface area contributed by atoms with Gasteiger partial charge in [-0.25, -0.2) is 0 Å². The van der Waals surface area contributed by atoms with Crippen LogP contribution in [0.3, 0.4) is 0 Å². The minimum atomic E-state index is 0.774. The molecular weight excluding hydrogens is 238 g/mol. The summed E-state index contributed by atoms with van der Waals surface area (Å²) in [7, 11) is 0. The maximum atomic E-state index is 4.74. The van der Waals surface area contributed by atoms with Gasteiger partial charge in [0.15, 0.2) is 0 Å². The highest BCUT2D eigenvalue weighted by molar-refractivity contribution is 7.78. The zero-order valence-electron chi connectivity index (χ0n) is 9.97. The van der Waals surface area contributed by atoms with E-state index in [-0.39, 0.29) is 0 Å². The number of allylic oxidation sites excluding steroid dienone is 1. The van der Waals surface area contributed by atoms with E-state index in [0.717, 1.165) is 28.8 Å². The third kappa shape index (κ3) is 2.62. The number of aliphatic imine (C=N–C) groups is 1. The van der Waals surface area contributed by atoms with Crippen LogP contribution in [-0.2, 0) is 6.42 Å². The van der Waals surface area contributed by atoms with Crippen LogP contribution in [0.4, 0.5) is 5.69 Å². The molecule has 0 atom stereocenters. The van der Waals surface area contributed by atoms with Crippen LogP contribution in [0, 0.1) is 0 Å². The first-order chi connectivity index (χ1) is 8.86. The van der Waals surface area contributed by atoms with Gasteiger partial charge in [-0.1, -0.05) is 54.6 Å². The Labute approximate surface area is 113 Å². The largest absolute Gasteiger partial charge is 0.194 e. The highest BCUT2D eigenvalue weighted by atomic mass is 32.1. The fraction of sp³-hybridized carbons (Fsp3) is 0.0625. The summed E-state index contributed by atoms with van der Waals surface area (Å²) < 4.78 is 0. The third-order valence-corrected chi connectivity index (χ3v) is 2.82. The van der Waals surface area contributed by atoms with Crippen molar-refractivity contribution in [1.82, 2.24) is 0 Å². The molecular formula is C16H13NS. The monoisotopic (exact) mass is 251 g/mol. The number of benzene rings is 2. The van der Waals surface area contributed by atoms with E-state index >= 15 is 0 Å². The van der Waals surface area contributed by atoms with Gasteiger partial charge in [0, 0.05) is 5.56 Å². The van der Waals surface area contributed by atoms with Gasteiger partial charge in [-0.15, -0.1) is 6.58 Å². The number of para-hydroxylation sites is 1. The fourth-order valence-corrected chi connectivity index (χ4v) is 2.03. The van der Waals surface area contributed by atoms with Crippen LogP contribution >= 0.6 is 12.2 Å². The van der Waals surface area contributed by atoms with Gasteiger partial charge in [0.2, 0.25) is 0 Å². The second kappa shape index (κ2) is 6.06. The van der Waals surface area contributed by atoms with Crippen LogP contribution in [0.15, 0.2) is 66.2 Å². The lowest BCUT2D eigenvalue weighted by Gasteiger charge is -2.09. The second-order valence-electron chi connectivity index (χ2n) is 3.88. The van der Waals surface area contributed by atoms with Gasteiger partial charge in [0.1, 0.15) is 0 Å². The number of nitrogens with zero attached hydrogens (tertiary/aromatic N) is 1. The van der Waals surface area contributed by atoms with Gasteiger partial charge in [-0.2, -0.15) is 4.99 Å². The van der Waals surface area contributed by atoms with Crippen LogP contribution in [0.5, 0.6) is 0 Å². The van der Waals surface area contributed by atoms with Gasteiger partial charge >= 0.3 is 0 Å². The molecule has 0 N–H and O–H groups in total. The predicted molar refractivity (Wildman–Crippen MR) is 80.5 cm³/mol. The number of hydrogen-bond acceptors (Lipinski definition) is 2. The number of rotatable bonds is 4. The van der Waals surface area contributed by atoms with Crippen molar-refractivity contribution in [3.8, 4) is 11.1 Å². The zero-order valence-corrected chi connectivity index (χ0v) is 10.8. The maximum Gasteiger partial charge on any atom is 0.0852 e. The van der Waals surface area contributed by atoms with Crippen molar-refractivity contribution < 1.29 is 0 Å². The van der Waals surface area contributed by atoms with E-state index in [1.54, 1.807) is 0 Å². The molecule has 0 saturated heterocycles. The van der Waals surface area contributed by atoms with E-state index in [9.17, 15) is 0 Å². The third-order valence-electron chi connectivity index (χ3n) is 2.73. The molecule has 0 unspecified atom stereocenters. The molecule has 0 amide bonds. The predicted octanol–water partition coefficient (Wildman–Crippen LogP) is 4.82. The topological polar surface area (TPSA) is 12.4 Å². The van der Waals surface area contributed by atoms with E-state index < -0.39 is 0 Å². The number of hydrogen-bond donors (Lipinski definition) is 0. The minimum absolute atomic E-state index is 0.774. The lowest BCUT2D eigenvalue weighted by Crippen LogP contribution is -1.86. The minimum Gasteiger partial charge on any atom is -0.194 e. The Hall–Kier alpha value is -2.02. The van der Waals surface area contributed by atoms with E-state index in [1.165, 1.54) is 0 Å². The molecule has 18 heavy (non-hydrogen) atoms. The molecule has 0 spiro atoms. The summed E-state index contributed by atoms with van der Waals surface area (Å²) in [6.07, 6.45) is 2.64. The molecule has 1 nitrogen and oxygen atoms in total. The Bertz CT molecular complexity index is 596. The quantitative estimate of drug-likeness (QED) is 0.431. The molecule has 0 aliphatic rings. The maximum absolute atomic E-state index is 4.74. The molecule has 0 saturated carbocycles. The molecule has 0 aliphatic heterocycles. The van der Waals surface area contributed by atoms with Gasteiger partial charge in [-0.3, -0.25) is 0 Å². The molecule has 2 aromatic rings. The lowest BCUT2D eigenvalue weighted by atomic mass is 9.99. The molecule has 0 aliphatic carbocycles. The first-order valence-corrected chi connectivity index (χ1v) is 6.13. The van der Waals surface area contributed by atoms with Crippen LogP contribution in [-0.4, -0.2) is 5.16 Å². The van der Waals surface area contributed by atoms with E-state index in [2.05, 4.69) is 28.9 Å². The van der Waals surface area contributed by atoms with Crippen LogP contribution in [0.1, 0.15) is 5.56 Å². The standard InChI is InChI=1S/C16H13NS/c1-2-7-14-10-6-11-15(16(14)17-12-18)13-8-4-3-5-9-13/h2-6,8-11H,1,7H2. The summed E-state index contributed by atoms with van der Waals surface area (Å²) in [6.45, 7) is 3.77. The normalized spacial score (nSPS) is 9.56. The van der Waals surface area contributed by atoms with Crippen molar-refractivity contribution in [2.24, 2.45) is 4.99 Å². The van der Waals surface area contributed by atoms with E-state index in [0.29, 0.717) is 0 Å². The van der Waals surface area contributed by atoms with E-state index in [1.807, 2.05) is 42.5 Å². The summed E-state index contributed by atoms with van der Waals surface area (Å²) in [5, 5.41) is 2.47. The summed E-state index contributed by atoms with van der Waals surface area (Å²) in [5.41, 5.74) is 4.21. The Morgan fingerprint density at radius 1 is 1.11 bits per heavy atom. The molecule has 88 valence electrons. The molecule has 0 fully saturated rings. The van der Waals surface area contributed by atoms with Crippen molar-refractivity contribution in [2.75, 3.05) is 0 Å². The molecule has 0 heterocycles. The van der Waals surface area contributed by atoms with Gasteiger partial charge < -0.3 is 0 Å². The first kappa shape index (κ1) is 12.4. The first-order valence-electron chi connectivity index (χ1n) is 5.73. The van der Waals surface area contributed by atoms with Crippen LogP contribution in [0.25, 0.3) is 11.1 Å². The lowest BCUT2D eigenvalue weighted by molar-refractivity contribution is 1.26. The molecule has 2 rings (SSSR count). The molecule has 0 aromatic heterocycles. The van der Waals surface area contributed by atoms with Crippen molar-refractivity contribution in [1.29, 1.82) is 0 Å². The summed E-state index contributed by atoms with van der Waals surface area (Å²) in [6, 6.07) is 16.3. The van der Waals surface area contributed by atoms with Crippen molar-refractivity contribution in [3.63, 3.8) is 0 Å². The van der Waals surface area contributed by atoms with Gasteiger partial charge in [-0.05, 0) is 29.8 Å². The van der Waals surface area contributed by atoms with Gasteiger partial charge in [0.25, 0.3) is 0 Å². The summed E-state index contributed by atoms with van der Waals surface area (Å²) in [5.74, 6) is 0. The van der Waals surface area contributed by atoms with Crippen molar-refractivity contribution >= 4 is 23.1 Å². The van der Waals surface area contributed by atoms with Crippen molar-refractivity contribution in [2.45, 2.75) is 6.42 Å². The number of isothiocyanates is 1. The Morgan fingerprint density at radius 3 is 2.56 bits per heavy atom. The van der Waals surface area contributed by atoms with Crippen LogP contribution < -0.4 is 0 Å². The van der Waals surface area contributed by atoms with Crippen molar-refractivity contribution in [3.05, 3.63) is 66.7 Å². The summed E-state index contributed by atoms with van der Waals surface area (Å²) in [4.78, 5) is 4.22. The van der Waals surface area contributed by atoms with E-state index in [4.69, 9.17) is 12.2 Å². The average molecular weight is 251 g/mol. The highest BCUT2D eigenvalue weighted by Crippen LogP contribution is 2.33.